The average Bonchev–Trinajstić information content (AvgIpc) is 3.22. The number of hydrogen-bond donors (Lipinski definition) is 1. The molecule has 1 atom stereocenters. The number of piperidine rings is 1. The van der Waals surface area contributed by atoms with Crippen LogP contribution in [0.5, 0.6) is 0 Å². The highest BCUT2D eigenvalue weighted by Gasteiger charge is 2.36. The quantitative estimate of drug-likeness (QED) is 0.617. The van der Waals surface area contributed by atoms with Gasteiger partial charge in [-0.3, -0.25) is 4.79 Å². The maximum atomic E-state index is 13.1. The molecule has 32 heavy (non-hydrogen) atoms. The van der Waals surface area contributed by atoms with E-state index in [1.165, 1.54) is 42.8 Å². The molecular weight excluding hydrogens is 432 g/mol. The van der Waals surface area contributed by atoms with E-state index in [2.05, 4.69) is 10.1 Å². The molecule has 1 aromatic rings. The maximum absolute atomic E-state index is 13.1. The summed E-state index contributed by atoms with van der Waals surface area (Å²) in [6, 6.07) is 2.25. The molecule has 1 saturated heterocycles. The number of esters is 1. The Labute approximate surface area is 193 Å². The van der Waals surface area contributed by atoms with E-state index in [1.807, 2.05) is 0 Å². The molecule has 2 heterocycles. The fourth-order valence-corrected chi connectivity index (χ4v) is 5.97. The number of hydrogen-bond acceptors (Lipinski definition) is 6. The van der Waals surface area contributed by atoms with Crippen LogP contribution in [0.1, 0.15) is 89.6 Å². The normalized spacial score (nSPS) is 20.7. The first-order chi connectivity index (χ1) is 14.4. The van der Waals surface area contributed by atoms with Crippen molar-refractivity contribution in [1.29, 1.82) is 0 Å². The van der Waals surface area contributed by atoms with E-state index in [-0.39, 0.29) is 43.6 Å². The number of furan rings is 1. The van der Waals surface area contributed by atoms with Crippen LogP contribution >= 0.6 is 0 Å². The van der Waals surface area contributed by atoms with Gasteiger partial charge < -0.3 is 14.5 Å². The Kier molecular flexibility index (Phi) is 11.4. The molecule has 8 nitrogen and oxygen atoms in total. The first-order valence-corrected chi connectivity index (χ1v) is 12.3. The summed E-state index contributed by atoms with van der Waals surface area (Å²) in [5, 5.41) is 2.73. The number of rotatable bonds is 6. The molecule has 2 fully saturated rings. The summed E-state index contributed by atoms with van der Waals surface area (Å²) in [4.78, 5) is 24.3. The van der Waals surface area contributed by atoms with Gasteiger partial charge in [-0.05, 0) is 37.8 Å². The van der Waals surface area contributed by atoms with Crippen molar-refractivity contribution in [3.8, 4) is 0 Å². The molecular formula is C23H40N2O6S. The summed E-state index contributed by atoms with van der Waals surface area (Å²) < 4.78 is 37.5. The molecule has 1 unspecified atom stereocenters. The molecule has 0 aromatic carbocycles. The molecule has 1 amide bonds. The zero-order valence-electron chi connectivity index (χ0n) is 17.6. The van der Waals surface area contributed by atoms with Crippen molar-refractivity contribution in [3.05, 3.63) is 17.9 Å². The third kappa shape index (κ3) is 6.81. The Balaban J connectivity index is 0.00000256. The second-order valence-corrected chi connectivity index (χ2v) is 9.98. The van der Waals surface area contributed by atoms with Gasteiger partial charge in [0, 0.05) is 25.0 Å². The van der Waals surface area contributed by atoms with Crippen LogP contribution in [0.15, 0.2) is 21.6 Å². The Hall–Kier alpha value is -1.87. The van der Waals surface area contributed by atoms with Crippen LogP contribution in [0.2, 0.25) is 0 Å². The summed E-state index contributed by atoms with van der Waals surface area (Å²) in [6.07, 6.45) is 9.87. The highest BCUT2D eigenvalue weighted by atomic mass is 32.2. The Morgan fingerprint density at radius 3 is 2.31 bits per heavy atom. The SMILES string of the molecule is C.C.COC(=O)c1ccc(S(=O)(=O)N2CCCCC2CNC(=O)C2CCCCCCC2)o1. The number of nitrogens with zero attached hydrogens (tertiary/aromatic N) is 1. The predicted molar refractivity (Wildman–Crippen MR) is 124 cm³/mol. The van der Waals surface area contributed by atoms with Gasteiger partial charge in [-0.15, -0.1) is 0 Å². The minimum Gasteiger partial charge on any atom is -0.463 e. The number of ether oxygens (including phenoxy) is 1. The summed E-state index contributed by atoms with van der Waals surface area (Å²) in [5.74, 6) is -0.822. The summed E-state index contributed by atoms with van der Waals surface area (Å²) in [5.41, 5.74) is 0. The lowest BCUT2D eigenvalue weighted by molar-refractivity contribution is -0.125. The zero-order valence-corrected chi connectivity index (χ0v) is 18.4. The standard InChI is InChI=1S/C21H32N2O6S.2CH4/c1-28-21(25)18-12-13-19(29-18)30(26,27)23-14-8-7-11-17(23)15-22-20(24)16-9-5-3-2-4-6-10-16;;/h12-13,16-17H,2-11,14-15H2,1H3,(H,22,24);2*1H4. The number of methoxy groups -OCH3 is 1. The Morgan fingerprint density at radius 1 is 1.03 bits per heavy atom. The van der Waals surface area contributed by atoms with Crippen molar-refractivity contribution >= 4 is 21.9 Å². The van der Waals surface area contributed by atoms with Crippen LogP contribution in [-0.4, -0.2) is 50.8 Å². The van der Waals surface area contributed by atoms with E-state index < -0.39 is 16.0 Å². The molecule has 1 aliphatic carbocycles. The fourth-order valence-electron chi connectivity index (χ4n) is 4.36. The van der Waals surface area contributed by atoms with Gasteiger partial charge in [-0.25, -0.2) is 13.2 Å². The number of amides is 1. The van der Waals surface area contributed by atoms with Gasteiger partial charge in [0.05, 0.1) is 7.11 Å². The smallest absolute Gasteiger partial charge is 0.374 e. The molecule has 1 aromatic heterocycles. The molecule has 184 valence electrons. The number of nitrogens with one attached hydrogen (secondary N) is 1. The van der Waals surface area contributed by atoms with Crippen molar-refractivity contribution in [3.63, 3.8) is 0 Å². The first-order valence-electron chi connectivity index (χ1n) is 10.9. The van der Waals surface area contributed by atoms with Crippen LogP contribution in [0, 0.1) is 5.92 Å². The van der Waals surface area contributed by atoms with Crippen LogP contribution in [-0.2, 0) is 19.6 Å². The third-order valence-electron chi connectivity index (χ3n) is 6.09. The van der Waals surface area contributed by atoms with Crippen LogP contribution in [0.25, 0.3) is 0 Å². The fraction of sp³-hybridized carbons (Fsp3) is 0.739. The second kappa shape index (κ2) is 13.0. The lowest BCUT2D eigenvalue weighted by Gasteiger charge is -2.34. The van der Waals surface area contributed by atoms with Crippen molar-refractivity contribution < 1.29 is 27.2 Å². The van der Waals surface area contributed by atoms with Gasteiger partial charge >= 0.3 is 5.97 Å². The lowest BCUT2D eigenvalue weighted by Crippen LogP contribution is -2.50. The van der Waals surface area contributed by atoms with Gasteiger partial charge in [0.1, 0.15) is 0 Å². The van der Waals surface area contributed by atoms with Crippen molar-refractivity contribution in [2.75, 3.05) is 20.2 Å². The van der Waals surface area contributed by atoms with Crippen LogP contribution < -0.4 is 5.32 Å². The summed E-state index contributed by atoms with van der Waals surface area (Å²) >= 11 is 0. The molecule has 2 aliphatic rings. The van der Waals surface area contributed by atoms with E-state index in [0.29, 0.717) is 19.5 Å². The third-order valence-corrected chi connectivity index (χ3v) is 7.92. The predicted octanol–water partition coefficient (Wildman–Crippen LogP) is 4.36. The second-order valence-electron chi connectivity index (χ2n) is 8.16. The molecule has 3 rings (SSSR count). The monoisotopic (exact) mass is 472 g/mol. The van der Waals surface area contributed by atoms with Gasteiger partial charge in [0.2, 0.25) is 16.8 Å². The Morgan fingerprint density at radius 2 is 1.66 bits per heavy atom. The molecule has 0 radical (unpaired) electrons. The topological polar surface area (TPSA) is 106 Å². The average molecular weight is 473 g/mol. The van der Waals surface area contributed by atoms with Gasteiger partial charge in [0.25, 0.3) is 10.0 Å². The number of carbonyl (C=O) groups is 2. The van der Waals surface area contributed by atoms with E-state index in [0.717, 1.165) is 38.5 Å². The summed E-state index contributed by atoms with van der Waals surface area (Å²) in [7, 11) is -2.70. The van der Waals surface area contributed by atoms with Crippen molar-refractivity contribution in [1.82, 2.24) is 9.62 Å². The van der Waals surface area contributed by atoms with E-state index in [1.54, 1.807) is 0 Å². The highest BCUT2D eigenvalue weighted by Crippen LogP contribution is 2.27. The highest BCUT2D eigenvalue weighted by molar-refractivity contribution is 7.89. The molecule has 9 heteroatoms. The molecule has 0 bridgehead atoms. The lowest BCUT2D eigenvalue weighted by atomic mass is 9.90. The van der Waals surface area contributed by atoms with Crippen LogP contribution in [0.3, 0.4) is 0 Å². The molecule has 1 N–H and O–H groups in total. The largest absolute Gasteiger partial charge is 0.463 e. The van der Waals surface area contributed by atoms with E-state index >= 15 is 0 Å². The number of sulfonamides is 1. The Bertz CT molecular complexity index is 827. The minimum absolute atomic E-state index is 0. The van der Waals surface area contributed by atoms with E-state index in [9.17, 15) is 18.0 Å². The van der Waals surface area contributed by atoms with Gasteiger partial charge in [-0.2, -0.15) is 4.31 Å². The minimum atomic E-state index is -3.91. The molecule has 1 aliphatic heterocycles. The molecule has 0 spiro atoms. The van der Waals surface area contributed by atoms with Crippen molar-refractivity contribution in [2.45, 2.75) is 90.2 Å². The molecule has 1 saturated carbocycles. The number of carbonyl (C=O) groups excluding carboxylic acids is 2. The van der Waals surface area contributed by atoms with Crippen LogP contribution in [0.4, 0.5) is 0 Å². The summed E-state index contributed by atoms with van der Waals surface area (Å²) in [6.45, 7) is 0.652. The van der Waals surface area contributed by atoms with Crippen molar-refractivity contribution in [2.24, 2.45) is 5.92 Å². The first kappa shape index (κ1) is 28.2. The van der Waals surface area contributed by atoms with Gasteiger partial charge in [0.15, 0.2) is 0 Å². The maximum Gasteiger partial charge on any atom is 0.374 e. The van der Waals surface area contributed by atoms with Gasteiger partial charge in [-0.1, -0.05) is 53.4 Å². The van der Waals surface area contributed by atoms with E-state index in [4.69, 9.17) is 4.42 Å². The zero-order chi connectivity index (χ0) is 21.6.